The van der Waals surface area contributed by atoms with Crippen LogP contribution < -0.4 is 14.8 Å². The summed E-state index contributed by atoms with van der Waals surface area (Å²) in [5.74, 6) is 0.996. The molecule has 124 valence electrons. The Morgan fingerprint density at radius 3 is 2.79 bits per heavy atom. The van der Waals surface area contributed by atoms with E-state index in [4.69, 9.17) is 21.1 Å². The Hall–Kier alpha value is -2.73. The number of benzene rings is 1. The van der Waals surface area contributed by atoms with Gasteiger partial charge in [0.05, 0.1) is 37.0 Å². The number of nitrogens with one attached hydrogen (secondary N) is 1. The van der Waals surface area contributed by atoms with Crippen LogP contribution in [-0.2, 0) is 11.2 Å². The quantitative estimate of drug-likeness (QED) is 0.771. The maximum atomic E-state index is 12.3. The van der Waals surface area contributed by atoms with E-state index in [1.165, 1.54) is 0 Å². The minimum Gasteiger partial charge on any atom is -0.497 e. The maximum Gasteiger partial charge on any atom is 0.230 e. The molecule has 0 saturated heterocycles. The van der Waals surface area contributed by atoms with Gasteiger partial charge in [-0.3, -0.25) is 4.79 Å². The first-order valence-corrected chi connectivity index (χ1v) is 7.62. The molecule has 3 aromatic rings. The zero-order chi connectivity index (χ0) is 17.1. The van der Waals surface area contributed by atoms with E-state index in [2.05, 4.69) is 10.3 Å². The number of methoxy groups -OCH3 is 2. The molecule has 1 aromatic carbocycles. The molecule has 1 N–H and O–H groups in total. The SMILES string of the molecule is COc1ccc(OC)c(NC(=O)Cc2cn3cc(Cl)ccc3n2)c1. The molecule has 0 spiro atoms. The van der Waals surface area contributed by atoms with Crippen LogP contribution >= 0.6 is 11.6 Å². The molecular formula is C17H16ClN3O3. The van der Waals surface area contributed by atoms with E-state index in [-0.39, 0.29) is 12.3 Å². The number of carbonyl (C=O) groups is 1. The summed E-state index contributed by atoms with van der Waals surface area (Å²) in [6.45, 7) is 0. The monoisotopic (exact) mass is 345 g/mol. The minimum atomic E-state index is -0.198. The van der Waals surface area contributed by atoms with Crippen molar-refractivity contribution in [2.75, 3.05) is 19.5 Å². The smallest absolute Gasteiger partial charge is 0.230 e. The van der Waals surface area contributed by atoms with Crippen molar-refractivity contribution < 1.29 is 14.3 Å². The number of hydrogen-bond acceptors (Lipinski definition) is 4. The van der Waals surface area contributed by atoms with Crippen molar-refractivity contribution in [3.05, 3.63) is 53.4 Å². The average molecular weight is 346 g/mol. The van der Waals surface area contributed by atoms with Gasteiger partial charge in [-0.2, -0.15) is 0 Å². The van der Waals surface area contributed by atoms with Crippen molar-refractivity contribution in [3.63, 3.8) is 0 Å². The highest BCUT2D eigenvalue weighted by Crippen LogP contribution is 2.29. The third-order valence-electron chi connectivity index (χ3n) is 3.49. The topological polar surface area (TPSA) is 64.9 Å². The lowest BCUT2D eigenvalue weighted by molar-refractivity contribution is -0.115. The summed E-state index contributed by atoms with van der Waals surface area (Å²) in [4.78, 5) is 16.7. The Kier molecular flexibility index (Phi) is 4.57. The van der Waals surface area contributed by atoms with Crippen LogP contribution in [0.2, 0.25) is 5.02 Å². The lowest BCUT2D eigenvalue weighted by Crippen LogP contribution is -2.15. The second-order valence-corrected chi connectivity index (χ2v) is 5.57. The van der Waals surface area contributed by atoms with E-state index in [1.807, 2.05) is 0 Å². The first-order valence-electron chi connectivity index (χ1n) is 7.24. The van der Waals surface area contributed by atoms with Crippen LogP contribution in [-0.4, -0.2) is 29.5 Å². The number of aromatic nitrogens is 2. The number of carbonyl (C=O) groups excluding carboxylic acids is 1. The highest BCUT2D eigenvalue weighted by Gasteiger charge is 2.12. The van der Waals surface area contributed by atoms with Gasteiger partial charge in [-0.1, -0.05) is 11.6 Å². The lowest BCUT2D eigenvalue weighted by atomic mass is 10.2. The first-order chi connectivity index (χ1) is 11.6. The summed E-state index contributed by atoms with van der Waals surface area (Å²) in [6, 6.07) is 8.77. The molecule has 3 rings (SSSR count). The molecule has 0 aliphatic heterocycles. The van der Waals surface area contributed by atoms with Gasteiger partial charge in [0.25, 0.3) is 0 Å². The Morgan fingerprint density at radius 2 is 2.04 bits per heavy atom. The van der Waals surface area contributed by atoms with Gasteiger partial charge in [0, 0.05) is 18.5 Å². The van der Waals surface area contributed by atoms with Gasteiger partial charge in [-0.15, -0.1) is 0 Å². The summed E-state index contributed by atoms with van der Waals surface area (Å²) >= 11 is 5.95. The van der Waals surface area contributed by atoms with Crippen LogP contribution in [0.4, 0.5) is 5.69 Å². The second-order valence-electron chi connectivity index (χ2n) is 5.14. The predicted octanol–water partition coefficient (Wildman–Crippen LogP) is 3.19. The molecule has 2 heterocycles. The van der Waals surface area contributed by atoms with E-state index in [0.717, 1.165) is 5.65 Å². The molecule has 0 atom stereocenters. The molecule has 0 bridgehead atoms. The number of fused-ring (bicyclic) bond motifs is 1. The molecule has 0 saturated carbocycles. The number of halogens is 1. The van der Waals surface area contributed by atoms with Crippen LogP contribution in [0.15, 0.2) is 42.7 Å². The van der Waals surface area contributed by atoms with Crippen molar-refractivity contribution in [2.24, 2.45) is 0 Å². The molecule has 0 aliphatic carbocycles. The highest BCUT2D eigenvalue weighted by molar-refractivity contribution is 6.30. The normalized spacial score (nSPS) is 10.6. The molecular weight excluding hydrogens is 330 g/mol. The van der Waals surface area contributed by atoms with Crippen LogP contribution in [0.5, 0.6) is 11.5 Å². The van der Waals surface area contributed by atoms with Crippen molar-refractivity contribution in [1.29, 1.82) is 0 Å². The largest absolute Gasteiger partial charge is 0.497 e. The number of hydrogen-bond donors (Lipinski definition) is 1. The van der Waals surface area contributed by atoms with Gasteiger partial charge in [0.1, 0.15) is 17.1 Å². The number of rotatable bonds is 5. The molecule has 24 heavy (non-hydrogen) atoms. The number of anilines is 1. The average Bonchev–Trinajstić information content (AvgIpc) is 2.95. The van der Waals surface area contributed by atoms with Gasteiger partial charge in [-0.05, 0) is 24.3 Å². The van der Waals surface area contributed by atoms with Gasteiger partial charge in [0.2, 0.25) is 5.91 Å². The van der Waals surface area contributed by atoms with Crippen LogP contribution in [0.1, 0.15) is 5.69 Å². The zero-order valence-corrected chi connectivity index (χ0v) is 14.0. The summed E-state index contributed by atoms with van der Waals surface area (Å²) in [7, 11) is 3.11. The van der Waals surface area contributed by atoms with Gasteiger partial charge in [0.15, 0.2) is 0 Å². The fourth-order valence-corrected chi connectivity index (χ4v) is 2.54. The third-order valence-corrected chi connectivity index (χ3v) is 3.71. The molecule has 0 fully saturated rings. The van der Waals surface area contributed by atoms with Crippen molar-refractivity contribution in [2.45, 2.75) is 6.42 Å². The number of pyridine rings is 1. The summed E-state index contributed by atoms with van der Waals surface area (Å²) < 4.78 is 12.2. The van der Waals surface area contributed by atoms with Crippen molar-refractivity contribution in [3.8, 4) is 11.5 Å². The Bertz CT molecular complexity index is 892. The Morgan fingerprint density at radius 1 is 1.21 bits per heavy atom. The van der Waals surface area contributed by atoms with Crippen LogP contribution in [0, 0.1) is 0 Å². The summed E-state index contributed by atoms with van der Waals surface area (Å²) in [6.07, 6.45) is 3.67. The first kappa shape index (κ1) is 16.1. The molecule has 7 heteroatoms. The number of ether oxygens (including phenoxy) is 2. The summed E-state index contributed by atoms with van der Waals surface area (Å²) in [5.41, 5.74) is 1.94. The molecule has 0 aliphatic rings. The third kappa shape index (κ3) is 3.44. The minimum absolute atomic E-state index is 0.139. The second kappa shape index (κ2) is 6.80. The maximum absolute atomic E-state index is 12.3. The van der Waals surface area contributed by atoms with Gasteiger partial charge >= 0.3 is 0 Å². The Balaban J connectivity index is 1.77. The zero-order valence-electron chi connectivity index (χ0n) is 13.2. The van der Waals surface area contributed by atoms with Gasteiger partial charge < -0.3 is 19.2 Å². The van der Waals surface area contributed by atoms with Gasteiger partial charge in [-0.25, -0.2) is 4.98 Å². The van der Waals surface area contributed by atoms with Crippen LogP contribution in [0.25, 0.3) is 5.65 Å². The van der Waals surface area contributed by atoms with E-state index in [0.29, 0.717) is 27.9 Å². The van der Waals surface area contributed by atoms with E-state index in [1.54, 1.807) is 61.3 Å². The molecule has 6 nitrogen and oxygen atoms in total. The van der Waals surface area contributed by atoms with E-state index in [9.17, 15) is 4.79 Å². The Labute approximate surface area is 144 Å². The van der Waals surface area contributed by atoms with Crippen molar-refractivity contribution >= 4 is 28.8 Å². The fourth-order valence-electron chi connectivity index (χ4n) is 2.37. The van der Waals surface area contributed by atoms with E-state index >= 15 is 0 Å². The van der Waals surface area contributed by atoms with E-state index < -0.39 is 0 Å². The number of imidazole rings is 1. The van der Waals surface area contributed by atoms with Crippen LogP contribution in [0.3, 0.4) is 0 Å². The fraction of sp³-hybridized carbons (Fsp3) is 0.176. The molecule has 0 unspecified atom stereocenters. The van der Waals surface area contributed by atoms with Crippen molar-refractivity contribution in [1.82, 2.24) is 9.38 Å². The predicted molar refractivity (Wildman–Crippen MR) is 92.1 cm³/mol. The molecule has 2 aromatic heterocycles. The molecule has 1 amide bonds. The number of amides is 1. The number of nitrogens with zero attached hydrogens (tertiary/aromatic N) is 2. The summed E-state index contributed by atoms with van der Waals surface area (Å²) in [5, 5.41) is 3.43. The highest BCUT2D eigenvalue weighted by atomic mass is 35.5. The standard InChI is InChI=1S/C17H16ClN3O3/c1-23-13-4-5-15(24-2)14(8-13)20-17(22)7-12-10-21-9-11(18)3-6-16(21)19-12/h3-6,8-10H,7H2,1-2H3,(H,20,22). The lowest BCUT2D eigenvalue weighted by Gasteiger charge is -2.11. The molecule has 0 radical (unpaired) electrons.